The Hall–Kier alpha value is 1.43. The van der Waals surface area contributed by atoms with Gasteiger partial charge in [-0.1, -0.05) is 0 Å². The fourth-order valence-electron chi connectivity index (χ4n) is 4.88. The molecule has 22 heteroatoms. The minimum atomic E-state index is -3.41. The third-order valence-electron chi connectivity index (χ3n) is 5.18. The molecule has 0 saturated carbocycles. The Kier molecular flexibility index (Phi) is 8.67. The van der Waals surface area contributed by atoms with E-state index in [0.29, 0.717) is 0 Å². The van der Waals surface area contributed by atoms with E-state index in [9.17, 15) is 0 Å². The van der Waals surface area contributed by atoms with Gasteiger partial charge in [0, 0.05) is 53.5 Å². The van der Waals surface area contributed by atoms with Crippen molar-refractivity contribution in [3.8, 4) is 0 Å². The van der Waals surface area contributed by atoms with E-state index in [1.807, 2.05) is 78.6 Å². The lowest BCUT2D eigenvalue weighted by Gasteiger charge is -2.53. The van der Waals surface area contributed by atoms with Crippen molar-refractivity contribution in [1.29, 1.82) is 0 Å². The zero-order valence-corrected chi connectivity index (χ0v) is 32.8. The third-order valence-corrected chi connectivity index (χ3v) is 42.2. The molecule has 3 aliphatic heterocycles. The van der Waals surface area contributed by atoms with E-state index in [4.69, 9.17) is 54.1 Å². The number of hydrogen-bond donors (Lipinski definition) is 0. The average molecular weight is 671 g/mol. The fraction of sp³-hybridized carbons (Fsp3) is 1.00. The van der Waals surface area contributed by atoms with Gasteiger partial charge in [-0.2, -0.15) is 0 Å². The largest absolute Gasteiger partial charge is 0.481 e. The molecule has 0 aromatic heterocycles. The second kappa shape index (κ2) is 9.77. The highest BCUT2D eigenvalue weighted by Crippen LogP contribution is 2.40. The van der Waals surface area contributed by atoms with E-state index >= 15 is 0 Å². The van der Waals surface area contributed by atoms with Gasteiger partial charge in [0.1, 0.15) is 0 Å². The predicted molar refractivity (Wildman–Crippen MR) is 148 cm³/mol. The Morgan fingerprint density at radius 2 is 0.500 bits per heavy atom. The van der Waals surface area contributed by atoms with Gasteiger partial charge in [-0.3, -0.25) is 0 Å². The summed E-state index contributed by atoms with van der Waals surface area (Å²) in [4.78, 5) is 0. The van der Waals surface area contributed by atoms with Crippen molar-refractivity contribution in [2.24, 2.45) is 0 Å². The number of rotatable bonds is 6. The van der Waals surface area contributed by atoms with Crippen LogP contribution in [0.15, 0.2) is 0 Å². The first kappa shape index (κ1) is 32.0. The molecule has 0 aromatic carbocycles. The van der Waals surface area contributed by atoms with Crippen LogP contribution in [-0.4, -0.2) is 92.7 Å². The average Bonchev–Trinajstić information content (AvgIpc) is 2.52. The molecule has 36 heavy (non-hydrogen) atoms. The molecule has 0 amide bonds. The minimum Gasteiger partial charge on any atom is -0.395 e. The van der Waals surface area contributed by atoms with Crippen LogP contribution in [0.5, 0.6) is 0 Å². The minimum absolute atomic E-state index is 1.58. The lowest BCUT2D eigenvalue weighted by atomic mass is 11.8. The van der Waals surface area contributed by atoms with Crippen molar-refractivity contribution in [1.82, 2.24) is 0 Å². The molecule has 0 bridgehead atoms. The molecule has 3 heterocycles. The van der Waals surface area contributed by atoms with Crippen LogP contribution in [0.25, 0.3) is 0 Å². The summed E-state index contributed by atoms with van der Waals surface area (Å²) in [7, 11) is -24.1. The lowest BCUT2D eigenvalue weighted by Crippen LogP contribution is -2.77. The lowest BCUT2D eigenvalue weighted by molar-refractivity contribution is 0.0558. The first-order chi connectivity index (χ1) is 15.9. The summed E-state index contributed by atoms with van der Waals surface area (Å²) in [5.74, 6) is 0. The first-order valence-electron chi connectivity index (χ1n) is 11.7. The summed E-state index contributed by atoms with van der Waals surface area (Å²) in [5, 5.41) is 0. The van der Waals surface area contributed by atoms with Crippen molar-refractivity contribution in [3.05, 3.63) is 0 Å². The van der Waals surface area contributed by atoms with E-state index in [-0.39, 0.29) is 0 Å². The molecule has 3 fully saturated rings. The van der Waals surface area contributed by atoms with Gasteiger partial charge in [0.05, 0.1) is 0 Å². The van der Waals surface area contributed by atoms with Crippen LogP contribution < -0.4 is 0 Å². The summed E-state index contributed by atoms with van der Waals surface area (Å²) in [6, 6.07) is 0. The Morgan fingerprint density at radius 1 is 0.306 bits per heavy atom. The zero-order chi connectivity index (χ0) is 27.7. The molecule has 6 atom stereocenters. The van der Waals surface area contributed by atoms with Gasteiger partial charge in [-0.25, -0.2) is 0 Å². The zero-order valence-electron chi connectivity index (χ0n) is 23.8. The van der Waals surface area contributed by atoms with Gasteiger partial charge in [-0.15, -0.1) is 0 Å². The quantitative estimate of drug-likeness (QED) is 0.386. The van der Waals surface area contributed by atoms with Gasteiger partial charge in [-0.05, 0) is 39.3 Å². The maximum atomic E-state index is 6.61. The third kappa shape index (κ3) is 7.79. The highest BCUT2D eigenvalue weighted by molar-refractivity contribution is 6.97. The molecule has 0 aromatic rings. The van der Waals surface area contributed by atoms with Crippen LogP contribution in [-0.2, 0) is 54.1 Å². The maximum absolute atomic E-state index is 6.61. The van der Waals surface area contributed by atoms with Crippen LogP contribution in [0.4, 0.5) is 0 Å². The number of hydrogen-bond acceptors (Lipinski definition) is 13. The molecule has 3 aliphatic rings. The highest BCUT2D eigenvalue weighted by Gasteiger charge is 2.68. The van der Waals surface area contributed by atoms with Gasteiger partial charge < -0.3 is 54.1 Å². The van der Waals surface area contributed by atoms with Gasteiger partial charge >= 0.3 is 78.5 Å². The van der Waals surface area contributed by atoms with Gasteiger partial charge in [0.2, 0.25) is 0 Å². The van der Waals surface area contributed by atoms with Crippen LogP contribution in [0.2, 0.25) is 78.6 Å². The van der Waals surface area contributed by atoms with Crippen molar-refractivity contribution in [2.75, 3.05) is 14.2 Å². The van der Waals surface area contributed by atoms with Crippen LogP contribution in [0.1, 0.15) is 0 Å². The molecule has 0 N–H and O–H groups in total. The maximum Gasteiger partial charge on any atom is 0.481 e. The van der Waals surface area contributed by atoms with Gasteiger partial charge in [0.15, 0.2) is 0 Å². The van der Waals surface area contributed by atoms with Crippen LogP contribution >= 0.6 is 0 Å². The molecule has 3 saturated heterocycles. The Labute approximate surface area is 224 Å². The van der Waals surface area contributed by atoms with E-state index in [1.165, 1.54) is 0 Å². The van der Waals surface area contributed by atoms with Crippen molar-refractivity contribution in [2.45, 2.75) is 78.6 Å². The molecule has 0 aliphatic carbocycles. The Balaban J connectivity index is 1.89. The molecule has 3 rings (SSSR count). The SMILES string of the molecule is CO[Si]1(C)O[Si](C)(C)O[Si](C)(O[Si]2(C)O[Si](C)(C)O[Si](C)(O[Si]3(C)O[Si](C)(C)O[Si](C)(OC)O3)O2)O1. The summed E-state index contributed by atoms with van der Waals surface area (Å²) in [5.41, 5.74) is 0. The Bertz CT molecular complexity index is 793. The second-order valence-corrected chi connectivity index (χ2v) is 39.5. The topological polar surface area (TPSA) is 120 Å². The summed E-state index contributed by atoms with van der Waals surface area (Å²) >= 11 is 0. The Morgan fingerprint density at radius 3 is 0.722 bits per heavy atom. The van der Waals surface area contributed by atoms with E-state index < -0.39 is 78.5 Å². The molecular weight excluding hydrogens is 629 g/mol. The van der Waals surface area contributed by atoms with Crippen molar-refractivity contribution < 1.29 is 54.1 Å². The van der Waals surface area contributed by atoms with Crippen LogP contribution in [0.3, 0.4) is 0 Å². The summed E-state index contributed by atoms with van der Waals surface area (Å²) in [6.45, 7) is 22.6. The van der Waals surface area contributed by atoms with Gasteiger partial charge in [0.25, 0.3) is 0 Å². The van der Waals surface area contributed by atoms with E-state index in [0.717, 1.165) is 0 Å². The molecular formula is C14H42O13Si9. The summed E-state index contributed by atoms with van der Waals surface area (Å²) < 4.78 is 81.3. The molecule has 6 unspecified atom stereocenters. The summed E-state index contributed by atoms with van der Waals surface area (Å²) in [6.07, 6.45) is 0. The smallest absolute Gasteiger partial charge is 0.395 e. The van der Waals surface area contributed by atoms with E-state index in [2.05, 4.69) is 0 Å². The predicted octanol–water partition coefficient (Wildman–Crippen LogP) is 3.02. The second-order valence-electron chi connectivity index (χ2n) is 10.9. The first-order valence-corrected chi connectivity index (χ1v) is 33.5. The van der Waals surface area contributed by atoms with Crippen LogP contribution in [0, 0.1) is 0 Å². The van der Waals surface area contributed by atoms with Crippen molar-refractivity contribution >= 4 is 78.5 Å². The normalized spacial score (nSPS) is 48.5. The highest BCUT2D eigenvalue weighted by atomic mass is 28.6. The molecule has 0 spiro atoms. The monoisotopic (exact) mass is 670 g/mol. The standard InChI is InChI=1S/C14H42O13Si9/c1-15-31(9)17-28(3,4)19-33(11,23-31)25-35(13)21-30(7,8)22-36(14,27-35)26-34(12)20-29(5,6)18-32(10,16-2)24-34/h1-14H3. The van der Waals surface area contributed by atoms with E-state index in [1.54, 1.807) is 14.2 Å². The molecule has 13 nitrogen and oxygen atoms in total. The molecule has 0 radical (unpaired) electrons. The molecule has 212 valence electrons. The fourth-order valence-corrected chi connectivity index (χ4v) is 50.3. The van der Waals surface area contributed by atoms with Crippen molar-refractivity contribution in [3.63, 3.8) is 0 Å².